The molecule has 0 saturated carbocycles. The van der Waals surface area contributed by atoms with Crippen molar-refractivity contribution in [2.24, 2.45) is 0 Å². The SMILES string of the molecule is CC1(C)C=[N+]([O-])C(C)(C)N1[N+](=O)[O-]. The summed E-state index contributed by atoms with van der Waals surface area (Å²) in [6.45, 7) is 6.31. The maximum Gasteiger partial charge on any atom is 0.294 e. The van der Waals surface area contributed by atoms with E-state index in [1.165, 1.54) is 20.1 Å². The molecule has 13 heavy (non-hydrogen) atoms. The van der Waals surface area contributed by atoms with Crippen LogP contribution in [0.15, 0.2) is 0 Å². The van der Waals surface area contributed by atoms with Crippen LogP contribution in [0, 0.1) is 15.3 Å². The Balaban J connectivity index is 3.16. The first-order chi connectivity index (χ1) is 5.69. The topological polar surface area (TPSA) is 72.5 Å². The molecule has 0 amide bonds. The van der Waals surface area contributed by atoms with Crippen LogP contribution >= 0.6 is 0 Å². The number of rotatable bonds is 1. The Bertz CT molecular complexity index is 283. The second kappa shape index (κ2) is 2.34. The Labute approximate surface area is 76.2 Å². The number of hydrogen-bond acceptors (Lipinski definition) is 3. The van der Waals surface area contributed by atoms with Crippen LogP contribution in [0.25, 0.3) is 0 Å². The van der Waals surface area contributed by atoms with E-state index >= 15 is 0 Å². The summed E-state index contributed by atoms with van der Waals surface area (Å²) in [6, 6.07) is 0. The summed E-state index contributed by atoms with van der Waals surface area (Å²) in [5, 5.41) is 22.5. The molecule has 0 bridgehead atoms. The summed E-state index contributed by atoms with van der Waals surface area (Å²) in [6.07, 6.45) is 1.32. The third-order valence-corrected chi connectivity index (χ3v) is 2.20. The molecule has 0 saturated heterocycles. The first-order valence-electron chi connectivity index (χ1n) is 3.97. The average molecular weight is 187 g/mol. The maximum absolute atomic E-state index is 11.3. The van der Waals surface area contributed by atoms with Crippen molar-refractivity contribution in [1.82, 2.24) is 5.01 Å². The van der Waals surface area contributed by atoms with Crippen LogP contribution in [0.5, 0.6) is 0 Å². The molecular formula is C7H13N3O3. The molecule has 0 unspecified atom stereocenters. The van der Waals surface area contributed by atoms with Crippen molar-refractivity contribution in [3.63, 3.8) is 0 Å². The summed E-state index contributed by atoms with van der Waals surface area (Å²) >= 11 is 0. The van der Waals surface area contributed by atoms with Crippen molar-refractivity contribution in [3.05, 3.63) is 15.3 Å². The normalized spacial score (nSPS) is 24.3. The Morgan fingerprint density at radius 3 is 2.00 bits per heavy atom. The molecule has 0 atom stereocenters. The third kappa shape index (κ3) is 1.22. The predicted molar refractivity (Wildman–Crippen MR) is 46.7 cm³/mol. The molecule has 0 aromatic heterocycles. The van der Waals surface area contributed by atoms with Gasteiger partial charge < -0.3 is 5.21 Å². The Kier molecular flexibility index (Phi) is 1.75. The molecule has 0 aromatic carbocycles. The molecule has 1 aliphatic heterocycles. The van der Waals surface area contributed by atoms with E-state index in [2.05, 4.69) is 0 Å². The lowest BCUT2D eigenvalue weighted by atomic mass is 10.1. The second-order valence-electron chi connectivity index (χ2n) is 4.15. The van der Waals surface area contributed by atoms with Gasteiger partial charge in [-0.3, -0.25) is 0 Å². The molecule has 0 aromatic rings. The van der Waals surface area contributed by atoms with E-state index < -0.39 is 16.2 Å². The highest BCUT2D eigenvalue weighted by molar-refractivity contribution is 5.65. The van der Waals surface area contributed by atoms with Crippen LogP contribution in [-0.2, 0) is 0 Å². The molecular weight excluding hydrogens is 174 g/mol. The van der Waals surface area contributed by atoms with E-state index in [1.54, 1.807) is 13.8 Å². The number of hydroxylamine groups is 1. The van der Waals surface area contributed by atoms with Gasteiger partial charge in [0, 0.05) is 13.8 Å². The molecule has 1 rings (SSSR count). The Morgan fingerprint density at radius 1 is 1.38 bits per heavy atom. The van der Waals surface area contributed by atoms with Gasteiger partial charge in [-0.05, 0) is 18.9 Å². The van der Waals surface area contributed by atoms with E-state index in [4.69, 9.17) is 0 Å². The van der Waals surface area contributed by atoms with Gasteiger partial charge in [-0.25, -0.2) is 10.1 Å². The summed E-state index contributed by atoms with van der Waals surface area (Å²) in [7, 11) is 0. The largest absolute Gasteiger partial charge is 0.622 e. The third-order valence-electron chi connectivity index (χ3n) is 2.20. The average Bonchev–Trinajstić information content (AvgIpc) is 1.96. The van der Waals surface area contributed by atoms with Gasteiger partial charge in [0.1, 0.15) is 0 Å². The summed E-state index contributed by atoms with van der Waals surface area (Å²) in [5.74, 6) is 0. The van der Waals surface area contributed by atoms with Gasteiger partial charge in [0.25, 0.3) is 5.66 Å². The highest BCUT2D eigenvalue weighted by atomic mass is 16.7. The van der Waals surface area contributed by atoms with Crippen molar-refractivity contribution in [1.29, 1.82) is 0 Å². The summed E-state index contributed by atoms with van der Waals surface area (Å²) < 4.78 is 0.621. The Morgan fingerprint density at radius 2 is 1.85 bits per heavy atom. The lowest BCUT2D eigenvalue weighted by Crippen LogP contribution is -2.55. The van der Waals surface area contributed by atoms with Crippen LogP contribution in [0.2, 0.25) is 0 Å². The van der Waals surface area contributed by atoms with E-state index in [-0.39, 0.29) is 0 Å². The summed E-state index contributed by atoms with van der Waals surface area (Å²) in [5.41, 5.74) is -1.96. The van der Waals surface area contributed by atoms with E-state index in [0.29, 0.717) is 4.74 Å². The fourth-order valence-corrected chi connectivity index (χ4v) is 1.71. The fraction of sp³-hybridized carbons (Fsp3) is 0.857. The molecule has 74 valence electrons. The highest BCUT2D eigenvalue weighted by Crippen LogP contribution is 2.29. The number of nitrogens with zero attached hydrogens (tertiary/aromatic N) is 3. The monoisotopic (exact) mass is 187 g/mol. The molecule has 1 heterocycles. The number of hydrazine groups is 1. The standard InChI is InChI=1S/C7H13N3O3/c1-6(2)5-8(11)7(3,4)9(6)10(12)13/h5H,1-4H3. The molecule has 0 N–H and O–H groups in total. The van der Waals surface area contributed by atoms with Gasteiger partial charge in [0.05, 0.1) is 0 Å². The smallest absolute Gasteiger partial charge is 0.294 e. The second-order valence-corrected chi connectivity index (χ2v) is 4.15. The quantitative estimate of drug-likeness (QED) is 0.260. The molecule has 1 aliphatic rings. The zero-order chi connectivity index (χ0) is 10.4. The van der Waals surface area contributed by atoms with Gasteiger partial charge in [0.2, 0.25) is 0 Å². The van der Waals surface area contributed by atoms with Gasteiger partial charge in [-0.15, -0.1) is 0 Å². The highest BCUT2D eigenvalue weighted by Gasteiger charge is 2.58. The van der Waals surface area contributed by atoms with Crippen molar-refractivity contribution in [2.45, 2.75) is 38.9 Å². The van der Waals surface area contributed by atoms with Crippen LogP contribution in [0.4, 0.5) is 0 Å². The van der Waals surface area contributed by atoms with E-state index in [1.807, 2.05) is 0 Å². The molecule has 0 aliphatic carbocycles. The lowest BCUT2D eigenvalue weighted by Gasteiger charge is -2.27. The van der Waals surface area contributed by atoms with Gasteiger partial charge in [-0.1, -0.05) is 0 Å². The fourth-order valence-electron chi connectivity index (χ4n) is 1.71. The van der Waals surface area contributed by atoms with Gasteiger partial charge in [-0.2, -0.15) is 4.74 Å². The number of hydrogen-bond donors (Lipinski definition) is 0. The number of nitro groups is 1. The van der Waals surface area contributed by atoms with Crippen LogP contribution in [0.3, 0.4) is 0 Å². The predicted octanol–water partition coefficient (Wildman–Crippen LogP) is 0.590. The van der Waals surface area contributed by atoms with E-state index in [9.17, 15) is 15.3 Å². The van der Waals surface area contributed by atoms with E-state index in [0.717, 1.165) is 5.01 Å². The molecule has 6 nitrogen and oxygen atoms in total. The van der Waals surface area contributed by atoms with Gasteiger partial charge in [0.15, 0.2) is 16.8 Å². The molecule has 0 spiro atoms. The molecule has 0 radical (unpaired) electrons. The van der Waals surface area contributed by atoms with Crippen molar-refractivity contribution in [2.75, 3.05) is 0 Å². The minimum atomic E-state index is -1.12. The zero-order valence-electron chi connectivity index (χ0n) is 8.14. The first kappa shape index (κ1) is 9.76. The molecule has 6 heteroatoms. The van der Waals surface area contributed by atoms with Crippen LogP contribution in [-0.4, -0.2) is 32.2 Å². The van der Waals surface area contributed by atoms with Crippen molar-refractivity contribution in [3.8, 4) is 0 Å². The minimum Gasteiger partial charge on any atom is -0.622 e. The van der Waals surface area contributed by atoms with Gasteiger partial charge >= 0.3 is 0 Å². The Hall–Kier alpha value is -1.33. The maximum atomic E-state index is 11.3. The van der Waals surface area contributed by atoms with Crippen molar-refractivity contribution < 1.29 is 9.77 Å². The summed E-state index contributed by atoms with van der Waals surface area (Å²) in [4.78, 5) is 10.7. The zero-order valence-corrected chi connectivity index (χ0v) is 8.14. The first-order valence-corrected chi connectivity index (χ1v) is 3.97. The van der Waals surface area contributed by atoms with Crippen LogP contribution in [0.1, 0.15) is 27.7 Å². The molecule has 0 fully saturated rings. The lowest BCUT2D eigenvalue weighted by molar-refractivity contribution is -0.742. The minimum absolute atomic E-state index is 0.533. The van der Waals surface area contributed by atoms with Crippen molar-refractivity contribution >= 4 is 6.21 Å². The van der Waals surface area contributed by atoms with Crippen LogP contribution < -0.4 is 0 Å².